The maximum atomic E-state index is 9.42. The van der Waals surface area contributed by atoms with Crippen molar-refractivity contribution in [3.05, 3.63) is 60.8 Å². The van der Waals surface area contributed by atoms with E-state index < -0.39 is 0 Å². The highest BCUT2D eigenvalue weighted by atomic mass is 32.1. The lowest BCUT2D eigenvalue weighted by Crippen LogP contribution is -1.89. The SMILES string of the molecule is N#Cc1cc(-c2nc3cncnc3s2)ccc1Oc1cccnc1. The molecule has 3 aromatic heterocycles. The van der Waals surface area contributed by atoms with Gasteiger partial charge in [-0.3, -0.25) is 4.98 Å². The smallest absolute Gasteiger partial charge is 0.147 e. The lowest BCUT2D eigenvalue weighted by atomic mass is 10.1. The van der Waals surface area contributed by atoms with Crippen LogP contribution in [0.3, 0.4) is 0 Å². The minimum atomic E-state index is 0.432. The molecule has 4 rings (SSSR count). The molecular formula is C17H9N5OS. The third-order valence-corrected chi connectivity index (χ3v) is 4.31. The summed E-state index contributed by atoms with van der Waals surface area (Å²) in [7, 11) is 0. The summed E-state index contributed by atoms with van der Waals surface area (Å²) in [5.41, 5.74) is 2.02. The summed E-state index contributed by atoms with van der Waals surface area (Å²) in [6.07, 6.45) is 6.43. The summed E-state index contributed by atoms with van der Waals surface area (Å²) in [4.78, 5) is 17.5. The van der Waals surface area contributed by atoms with Gasteiger partial charge < -0.3 is 4.74 Å². The molecule has 1 aromatic carbocycles. The highest BCUT2D eigenvalue weighted by Crippen LogP contribution is 2.32. The van der Waals surface area contributed by atoms with Crippen LogP contribution in [-0.2, 0) is 0 Å². The van der Waals surface area contributed by atoms with E-state index in [9.17, 15) is 5.26 Å². The van der Waals surface area contributed by atoms with Crippen molar-refractivity contribution < 1.29 is 4.74 Å². The van der Waals surface area contributed by atoms with Gasteiger partial charge >= 0.3 is 0 Å². The monoisotopic (exact) mass is 331 g/mol. The normalized spacial score (nSPS) is 10.5. The average Bonchev–Trinajstić information content (AvgIpc) is 3.07. The highest BCUT2D eigenvalue weighted by molar-refractivity contribution is 7.21. The zero-order valence-corrected chi connectivity index (χ0v) is 13.1. The summed E-state index contributed by atoms with van der Waals surface area (Å²) in [6, 6.07) is 11.1. The van der Waals surface area contributed by atoms with Gasteiger partial charge in [-0.15, -0.1) is 0 Å². The fourth-order valence-corrected chi connectivity index (χ4v) is 3.06. The Balaban J connectivity index is 1.72. The fourth-order valence-electron chi connectivity index (χ4n) is 2.19. The van der Waals surface area contributed by atoms with Gasteiger partial charge in [-0.1, -0.05) is 11.3 Å². The molecule has 0 aliphatic carbocycles. The molecule has 0 fully saturated rings. The zero-order chi connectivity index (χ0) is 16.4. The maximum Gasteiger partial charge on any atom is 0.147 e. The predicted molar refractivity (Wildman–Crippen MR) is 89.7 cm³/mol. The van der Waals surface area contributed by atoms with E-state index in [2.05, 4.69) is 26.0 Å². The summed E-state index contributed by atoms with van der Waals surface area (Å²) in [5.74, 6) is 1.06. The van der Waals surface area contributed by atoms with Crippen molar-refractivity contribution in [2.24, 2.45) is 0 Å². The Morgan fingerprint density at radius 3 is 2.88 bits per heavy atom. The van der Waals surface area contributed by atoms with Crippen LogP contribution in [0.5, 0.6) is 11.5 Å². The Hall–Kier alpha value is -3.37. The molecule has 4 aromatic rings. The van der Waals surface area contributed by atoms with Crippen LogP contribution in [0.2, 0.25) is 0 Å². The number of hydrogen-bond acceptors (Lipinski definition) is 7. The lowest BCUT2D eigenvalue weighted by Gasteiger charge is -2.07. The molecule has 0 aliphatic heterocycles. The van der Waals surface area contributed by atoms with Crippen LogP contribution in [0, 0.1) is 11.3 Å². The first-order chi connectivity index (χ1) is 11.8. The molecule has 0 atom stereocenters. The van der Waals surface area contributed by atoms with Crippen LogP contribution < -0.4 is 4.74 Å². The standard InChI is InChI=1S/C17H9N5OS/c18-7-12-6-11(16-22-14-9-20-10-21-17(14)24-16)3-4-15(12)23-13-2-1-5-19-8-13/h1-6,8-10H. The van der Waals surface area contributed by atoms with E-state index in [-0.39, 0.29) is 0 Å². The van der Waals surface area contributed by atoms with E-state index >= 15 is 0 Å². The third kappa shape index (κ3) is 2.66. The molecule has 0 bridgehead atoms. The second-order valence-electron chi connectivity index (χ2n) is 4.85. The lowest BCUT2D eigenvalue weighted by molar-refractivity contribution is 0.479. The quantitative estimate of drug-likeness (QED) is 0.567. The van der Waals surface area contributed by atoms with Gasteiger partial charge in [-0.25, -0.2) is 15.0 Å². The molecule has 24 heavy (non-hydrogen) atoms. The topological polar surface area (TPSA) is 84.6 Å². The summed E-state index contributed by atoms with van der Waals surface area (Å²) in [6.45, 7) is 0. The van der Waals surface area contributed by atoms with Gasteiger partial charge in [-0.2, -0.15) is 5.26 Å². The van der Waals surface area contributed by atoms with E-state index in [1.807, 2.05) is 6.07 Å². The van der Waals surface area contributed by atoms with Gasteiger partial charge in [-0.05, 0) is 30.3 Å². The van der Waals surface area contributed by atoms with E-state index in [0.717, 1.165) is 20.9 Å². The van der Waals surface area contributed by atoms with E-state index in [4.69, 9.17) is 4.74 Å². The van der Waals surface area contributed by atoms with Gasteiger partial charge in [0.05, 0.1) is 18.0 Å². The number of aromatic nitrogens is 4. The van der Waals surface area contributed by atoms with Gasteiger partial charge in [0, 0.05) is 11.8 Å². The number of pyridine rings is 1. The van der Waals surface area contributed by atoms with Crippen LogP contribution in [0.25, 0.3) is 20.9 Å². The molecule has 7 heteroatoms. The van der Waals surface area contributed by atoms with Crippen molar-refractivity contribution in [2.45, 2.75) is 0 Å². The third-order valence-electron chi connectivity index (χ3n) is 3.28. The van der Waals surface area contributed by atoms with Crippen LogP contribution in [0.1, 0.15) is 5.56 Å². The first kappa shape index (κ1) is 14.2. The molecule has 0 unspecified atom stereocenters. The Morgan fingerprint density at radius 2 is 2.08 bits per heavy atom. The minimum Gasteiger partial charge on any atom is -0.454 e. The van der Waals surface area contributed by atoms with Gasteiger partial charge in [0.1, 0.15) is 39.3 Å². The second-order valence-corrected chi connectivity index (χ2v) is 5.82. The number of ether oxygens (including phenoxy) is 1. The molecule has 0 N–H and O–H groups in total. The number of benzene rings is 1. The van der Waals surface area contributed by atoms with Gasteiger partial charge in [0.2, 0.25) is 0 Å². The van der Waals surface area contributed by atoms with Crippen molar-refractivity contribution in [3.8, 4) is 28.1 Å². The molecule has 114 valence electrons. The number of nitrogens with zero attached hydrogens (tertiary/aromatic N) is 5. The number of thiazole rings is 1. The van der Waals surface area contributed by atoms with E-state index in [1.54, 1.807) is 42.9 Å². The fraction of sp³-hybridized carbons (Fsp3) is 0. The van der Waals surface area contributed by atoms with Gasteiger partial charge in [0.25, 0.3) is 0 Å². The Bertz CT molecular complexity index is 1020. The zero-order valence-electron chi connectivity index (χ0n) is 12.2. The molecule has 0 saturated carbocycles. The number of rotatable bonds is 3. The van der Waals surface area contributed by atoms with Crippen molar-refractivity contribution in [3.63, 3.8) is 0 Å². The van der Waals surface area contributed by atoms with E-state index in [1.165, 1.54) is 17.7 Å². The molecule has 6 nitrogen and oxygen atoms in total. The molecule has 3 heterocycles. The largest absolute Gasteiger partial charge is 0.454 e. The van der Waals surface area contributed by atoms with Crippen LogP contribution in [0.15, 0.2) is 55.2 Å². The molecule has 0 aliphatic rings. The molecule has 0 radical (unpaired) electrons. The summed E-state index contributed by atoms with van der Waals surface area (Å²) >= 11 is 1.46. The van der Waals surface area contributed by atoms with E-state index in [0.29, 0.717) is 17.1 Å². The Kier molecular flexibility index (Phi) is 3.57. The molecule has 0 amide bonds. The van der Waals surface area contributed by atoms with Crippen LogP contribution >= 0.6 is 11.3 Å². The van der Waals surface area contributed by atoms with Crippen molar-refractivity contribution in [1.82, 2.24) is 19.9 Å². The Labute approximate surface area is 141 Å². The second kappa shape index (κ2) is 6.02. The highest BCUT2D eigenvalue weighted by Gasteiger charge is 2.11. The van der Waals surface area contributed by atoms with Crippen molar-refractivity contribution >= 4 is 21.7 Å². The average molecular weight is 331 g/mol. The van der Waals surface area contributed by atoms with Crippen LogP contribution in [0.4, 0.5) is 0 Å². The van der Waals surface area contributed by atoms with Crippen molar-refractivity contribution in [1.29, 1.82) is 5.26 Å². The molecule has 0 spiro atoms. The predicted octanol–water partition coefficient (Wildman–Crippen LogP) is 3.81. The Morgan fingerprint density at radius 1 is 1.12 bits per heavy atom. The van der Waals surface area contributed by atoms with Gasteiger partial charge in [0.15, 0.2) is 0 Å². The maximum absolute atomic E-state index is 9.42. The van der Waals surface area contributed by atoms with Crippen molar-refractivity contribution in [2.75, 3.05) is 0 Å². The number of hydrogen-bond donors (Lipinski definition) is 0. The minimum absolute atomic E-state index is 0.432. The molecular weight excluding hydrogens is 322 g/mol. The number of nitriles is 1. The first-order valence-electron chi connectivity index (χ1n) is 7.02. The van der Waals surface area contributed by atoms with Crippen LogP contribution in [-0.4, -0.2) is 19.9 Å². The summed E-state index contributed by atoms with van der Waals surface area (Å²) in [5, 5.41) is 10.2. The summed E-state index contributed by atoms with van der Waals surface area (Å²) < 4.78 is 5.73. The first-order valence-corrected chi connectivity index (χ1v) is 7.84. The molecule has 0 saturated heterocycles. The number of fused-ring (bicyclic) bond motifs is 1.